The van der Waals surface area contributed by atoms with Crippen molar-refractivity contribution in [2.24, 2.45) is 0 Å². The van der Waals surface area contributed by atoms with Crippen molar-refractivity contribution in [3.63, 3.8) is 0 Å². The summed E-state index contributed by atoms with van der Waals surface area (Å²) < 4.78 is 0. The first kappa shape index (κ1) is 12.3. The van der Waals surface area contributed by atoms with E-state index in [2.05, 4.69) is 0 Å². The van der Waals surface area contributed by atoms with Crippen LogP contribution in [0.15, 0.2) is 24.3 Å². The van der Waals surface area contributed by atoms with Crippen LogP contribution >= 0.6 is 11.8 Å². The molecule has 1 atom stereocenters. The average Bonchev–Trinajstić information content (AvgIpc) is 2.84. The topological polar surface area (TPSA) is 46.3 Å². The minimum Gasteiger partial charge on any atom is -0.398 e. The Labute approximate surface area is 106 Å². The van der Waals surface area contributed by atoms with Crippen molar-refractivity contribution >= 4 is 23.4 Å². The number of nitrogen functional groups attached to an aromatic ring is 1. The van der Waals surface area contributed by atoms with Crippen LogP contribution in [0.2, 0.25) is 0 Å². The number of hydrogen-bond acceptors (Lipinski definition) is 3. The lowest BCUT2D eigenvalue weighted by atomic mass is 10.1. The number of anilines is 1. The zero-order chi connectivity index (χ0) is 12.3. The molecule has 3 nitrogen and oxygen atoms in total. The van der Waals surface area contributed by atoms with E-state index < -0.39 is 0 Å². The molecule has 0 radical (unpaired) electrons. The highest BCUT2D eigenvalue weighted by Gasteiger charge is 2.23. The van der Waals surface area contributed by atoms with Crippen LogP contribution in [0.4, 0.5) is 5.69 Å². The second-order valence-corrected chi connectivity index (χ2v) is 5.55. The number of benzene rings is 1. The summed E-state index contributed by atoms with van der Waals surface area (Å²) in [7, 11) is 1.90. The van der Waals surface area contributed by atoms with E-state index in [9.17, 15) is 4.79 Å². The third kappa shape index (κ3) is 2.94. The number of nitrogens with two attached hydrogens (primary N) is 1. The normalized spacial score (nSPS) is 19.2. The lowest BCUT2D eigenvalue weighted by Gasteiger charge is -2.24. The standard InChI is InChI=1S/C13H18N2OS/c1-15(11-6-7-17-9-11)13(16)8-10-4-2-3-5-12(10)14/h2-5,11H,6-9,14H2,1H3. The van der Waals surface area contributed by atoms with Gasteiger partial charge in [-0.15, -0.1) is 0 Å². The summed E-state index contributed by atoms with van der Waals surface area (Å²) in [5, 5.41) is 0. The first-order valence-electron chi connectivity index (χ1n) is 5.85. The van der Waals surface area contributed by atoms with E-state index in [1.165, 1.54) is 0 Å². The molecular weight excluding hydrogens is 232 g/mol. The van der Waals surface area contributed by atoms with Gasteiger partial charge in [0.1, 0.15) is 0 Å². The molecule has 0 aromatic heterocycles. The molecule has 0 spiro atoms. The maximum Gasteiger partial charge on any atom is 0.227 e. The van der Waals surface area contributed by atoms with Gasteiger partial charge in [-0.2, -0.15) is 11.8 Å². The molecule has 17 heavy (non-hydrogen) atoms. The minimum absolute atomic E-state index is 0.162. The predicted octanol–water partition coefficient (Wildman–Crippen LogP) is 1.78. The van der Waals surface area contributed by atoms with E-state index >= 15 is 0 Å². The van der Waals surface area contributed by atoms with Gasteiger partial charge in [-0.3, -0.25) is 4.79 Å². The van der Waals surface area contributed by atoms with Crippen LogP contribution in [-0.2, 0) is 11.2 Å². The zero-order valence-corrected chi connectivity index (χ0v) is 10.9. The van der Waals surface area contributed by atoms with Gasteiger partial charge in [-0.25, -0.2) is 0 Å². The van der Waals surface area contributed by atoms with E-state index in [-0.39, 0.29) is 5.91 Å². The number of nitrogens with zero attached hydrogens (tertiary/aromatic N) is 1. The number of carbonyl (C=O) groups is 1. The number of thioether (sulfide) groups is 1. The van der Waals surface area contributed by atoms with Crippen molar-refractivity contribution < 1.29 is 4.79 Å². The van der Waals surface area contributed by atoms with Gasteiger partial charge in [0.05, 0.1) is 6.42 Å². The molecule has 1 aromatic rings. The number of hydrogen-bond donors (Lipinski definition) is 1. The van der Waals surface area contributed by atoms with Crippen LogP contribution < -0.4 is 5.73 Å². The molecule has 1 aromatic carbocycles. The first-order valence-corrected chi connectivity index (χ1v) is 7.00. The molecule has 1 amide bonds. The highest BCUT2D eigenvalue weighted by molar-refractivity contribution is 7.99. The van der Waals surface area contributed by atoms with Gasteiger partial charge in [0, 0.05) is 24.5 Å². The number of rotatable bonds is 3. The summed E-state index contributed by atoms with van der Waals surface area (Å²) in [6.07, 6.45) is 1.52. The van der Waals surface area contributed by atoms with Crippen molar-refractivity contribution in [1.29, 1.82) is 0 Å². The number of amides is 1. The van der Waals surface area contributed by atoms with Crippen LogP contribution in [0.25, 0.3) is 0 Å². The van der Waals surface area contributed by atoms with E-state index in [0.717, 1.165) is 23.5 Å². The fourth-order valence-corrected chi connectivity index (χ4v) is 3.28. The summed E-state index contributed by atoms with van der Waals surface area (Å²) in [6.45, 7) is 0. The predicted molar refractivity (Wildman–Crippen MR) is 73.1 cm³/mol. The van der Waals surface area contributed by atoms with Crippen LogP contribution in [0.1, 0.15) is 12.0 Å². The van der Waals surface area contributed by atoms with Crippen LogP contribution in [0.5, 0.6) is 0 Å². The largest absolute Gasteiger partial charge is 0.398 e. The Bertz CT molecular complexity index is 402. The third-order valence-corrected chi connectivity index (χ3v) is 4.39. The lowest BCUT2D eigenvalue weighted by Crippen LogP contribution is -2.38. The summed E-state index contributed by atoms with van der Waals surface area (Å²) in [4.78, 5) is 14.0. The molecule has 2 rings (SSSR count). The minimum atomic E-state index is 0.162. The quantitative estimate of drug-likeness (QED) is 0.832. The molecule has 1 heterocycles. The van der Waals surface area contributed by atoms with Gasteiger partial charge < -0.3 is 10.6 Å². The molecule has 0 bridgehead atoms. The maximum atomic E-state index is 12.1. The van der Waals surface area contributed by atoms with Crippen LogP contribution in [0, 0.1) is 0 Å². The van der Waals surface area contributed by atoms with Crippen molar-refractivity contribution in [3.05, 3.63) is 29.8 Å². The molecule has 92 valence electrons. The molecule has 1 saturated heterocycles. The smallest absolute Gasteiger partial charge is 0.227 e. The van der Waals surface area contributed by atoms with Gasteiger partial charge in [0.2, 0.25) is 5.91 Å². The second kappa shape index (κ2) is 5.45. The van der Waals surface area contributed by atoms with Crippen molar-refractivity contribution in [3.8, 4) is 0 Å². The average molecular weight is 250 g/mol. The molecular formula is C13H18N2OS. The zero-order valence-electron chi connectivity index (χ0n) is 10.1. The lowest BCUT2D eigenvalue weighted by molar-refractivity contribution is -0.130. The summed E-state index contributed by atoms with van der Waals surface area (Å²) in [5.74, 6) is 2.39. The summed E-state index contributed by atoms with van der Waals surface area (Å²) >= 11 is 1.92. The Morgan fingerprint density at radius 3 is 2.94 bits per heavy atom. The molecule has 4 heteroatoms. The highest BCUT2D eigenvalue weighted by atomic mass is 32.2. The van der Waals surface area contributed by atoms with Gasteiger partial charge in [0.25, 0.3) is 0 Å². The SMILES string of the molecule is CN(C(=O)Cc1ccccc1N)C1CCSC1. The van der Waals surface area contributed by atoms with Crippen molar-refractivity contribution in [1.82, 2.24) is 4.90 Å². The monoisotopic (exact) mass is 250 g/mol. The Morgan fingerprint density at radius 2 is 2.29 bits per heavy atom. The van der Waals surface area contributed by atoms with E-state index in [1.54, 1.807) is 0 Å². The molecule has 0 saturated carbocycles. The van der Waals surface area contributed by atoms with Crippen LogP contribution in [0.3, 0.4) is 0 Å². The summed E-state index contributed by atoms with van der Waals surface area (Å²) in [6, 6.07) is 7.97. The third-order valence-electron chi connectivity index (χ3n) is 3.24. The van der Waals surface area contributed by atoms with Crippen LogP contribution in [-0.4, -0.2) is 35.4 Å². The molecule has 2 N–H and O–H groups in total. The number of carbonyl (C=O) groups excluding carboxylic acids is 1. The van der Waals surface area contributed by atoms with E-state index in [0.29, 0.717) is 18.2 Å². The van der Waals surface area contributed by atoms with Gasteiger partial charge in [-0.1, -0.05) is 18.2 Å². The molecule has 0 aliphatic carbocycles. The van der Waals surface area contributed by atoms with Gasteiger partial charge in [0.15, 0.2) is 0 Å². The van der Waals surface area contributed by atoms with Gasteiger partial charge in [-0.05, 0) is 23.8 Å². The first-order chi connectivity index (χ1) is 8.18. The van der Waals surface area contributed by atoms with Crippen molar-refractivity contribution in [2.75, 3.05) is 24.3 Å². The number of para-hydroxylation sites is 1. The number of likely N-dealkylation sites (N-methyl/N-ethyl adjacent to an activating group) is 1. The Morgan fingerprint density at radius 1 is 1.53 bits per heavy atom. The molecule has 1 aliphatic heterocycles. The fraction of sp³-hybridized carbons (Fsp3) is 0.462. The highest BCUT2D eigenvalue weighted by Crippen LogP contribution is 2.22. The van der Waals surface area contributed by atoms with Gasteiger partial charge >= 0.3 is 0 Å². The summed E-state index contributed by atoms with van der Waals surface area (Å²) in [5.41, 5.74) is 7.48. The van der Waals surface area contributed by atoms with Crippen molar-refractivity contribution in [2.45, 2.75) is 18.9 Å². The second-order valence-electron chi connectivity index (χ2n) is 4.40. The fourth-order valence-electron chi connectivity index (χ4n) is 2.01. The Hall–Kier alpha value is -1.16. The Balaban J connectivity index is 1.99. The molecule has 1 aliphatic rings. The molecule has 1 fully saturated rings. The maximum absolute atomic E-state index is 12.1. The Kier molecular flexibility index (Phi) is 3.94. The van der Waals surface area contributed by atoms with E-state index in [1.807, 2.05) is 48.0 Å². The molecule has 1 unspecified atom stereocenters. The van der Waals surface area contributed by atoms with E-state index in [4.69, 9.17) is 5.73 Å².